The van der Waals surface area contributed by atoms with Gasteiger partial charge in [-0.15, -0.1) is 11.3 Å². The Hall–Kier alpha value is -0.970. The highest BCUT2D eigenvalue weighted by Gasteiger charge is 2.38. The fraction of sp³-hybridized carbons (Fsp3) is 0.462. The van der Waals surface area contributed by atoms with Gasteiger partial charge in [0.25, 0.3) is 0 Å². The summed E-state index contributed by atoms with van der Waals surface area (Å²) >= 11 is 1.72. The number of aryl methyl sites for hydroxylation is 1. The van der Waals surface area contributed by atoms with E-state index in [4.69, 9.17) is 4.74 Å². The molecule has 4 heteroatoms. The van der Waals surface area contributed by atoms with E-state index in [2.05, 4.69) is 23.2 Å². The topological polar surface area (TPSA) is 42.4 Å². The summed E-state index contributed by atoms with van der Waals surface area (Å²) in [7, 11) is 0. The molecule has 2 aromatic rings. The quantitative estimate of drug-likeness (QED) is 0.906. The summed E-state index contributed by atoms with van der Waals surface area (Å²) in [4.78, 5) is 4.45. The molecular weight excluding hydrogens is 234 g/mol. The van der Waals surface area contributed by atoms with Crippen LogP contribution in [0.4, 0.5) is 0 Å². The van der Waals surface area contributed by atoms with Crippen molar-refractivity contribution in [3.63, 3.8) is 0 Å². The Balaban J connectivity index is 1.90. The van der Waals surface area contributed by atoms with Crippen LogP contribution in [0.5, 0.6) is 0 Å². The van der Waals surface area contributed by atoms with Gasteiger partial charge < -0.3 is 9.84 Å². The van der Waals surface area contributed by atoms with Crippen molar-refractivity contribution in [2.45, 2.75) is 13.3 Å². The molecule has 2 heterocycles. The molecule has 1 aliphatic heterocycles. The zero-order chi connectivity index (χ0) is 11.9. The third kappa shape index (κ3) is 1.97. The van der Waals surface area contributed by atoms with E-state index in [9.17, 15) is 5.11 Å². The lowest BCUT2D eigenvalue weighted by atomic mass is 9.81. The normalized spacial score (nSPS) is 18.2. The van der Waals surface area contributed by atoms with Gasteiger partial charge in [0.2, 0.25) is 0 Å². The first-order valence-corrected chi connectivity index (χ1v) is 6.57. The molecule has 0 radical (unpaired) electrons. The summed E-state index contributed by atoms with van der Waals surface area (Å²) in [5.41, 5.74) is 2.28. The minimum atomic E-state index is -0.0482. The van der Waals surface area contributed by atoms with Crippen LogP contribution in [-0.4, -0.2) is 29.9 Å². The van der Waals surface area contributed by atoms with E-state index in [0.717, 1.165) is 16.9 Å². The molecule has 1 saturated heterocycles. The van der Waals surface area contributed by atoms with E-state index >= 15 is 0 Å². The fourth-order valence-electron chi connectivity index (χ4n) is 2.27. The predicted octanol–water partition coefficient (Wildman–Crippen LogP) is 2.16. The van der Waals surface area contributed by atoms with E-state index in [-0.39, 0.29) is 12.0 Å². The molecule has 17 heavy (non-hydrogen) atoms. The van der Waals surface area contributed by atoms with Crippen molar-refractivity contribution in [1.82, 2.24) is 4.98 Å². The van der Waals surface area contributed by atoms with Gasteiger partial charge >= 0.3 is 0 Å². The van der Waals surface area contributed by atoms with Crippen LogP contribution in [0.1, 0.15) is 10.6 Å². The molecule has 1 N–H and O–H groups in total. The van der Waals surface area contributed by atoms with Crippen LogP contribution in [0.3, 0.4) is 0 Å². The van der Waals surface area contributed by atoms with Crippen molar-refractivity contribution in [3.8, 4) is 0 Å². The SMILES string of the molecule is Cc1nc2ccc(CC3(CO)COC3)cc2s1. The van der Waals surface area contributed by atoms with Gasteiger partial charge in [0.15, 0.2) is 0 Å². The lowest BCUT2D eigenvalue weighted by Gasteiger charge is -2.40. The summed E-state index contributed by atoms with van der Waals surface area (Å²) in [6.07, 6.45) is 0.885. The predicted molar refractivity (Wildman–Crippen MR) is 68.4 cm³/mol. The van der Waals surface area contributed by atoms with Gasteiger partial charge in [-0.05, 0) is 31.0 Å². The average molecular weight is 249 g/mol. The molecule has 1 aromatic heterocycles. The van der Waals surface area contributed by atoms with E-state index in [1.807, 2.05) is 6.92 Å². The highest BCUT2D eigenvalue weighted by Crippen LogP contribution is 2.32. The maximum Gasteiger partial charge on any atom is 0.0907 e. The fourth-order valence-corrected chi connectivity index (χ4v) is 3.16. The van der Waals surface area contributed by atoms with Gasteiger partial charge in [-0.2, -0.15) is 0 Å². The molecular formula is C13H15NO2S. The van der Waals surface area contributed by atoms with Crippen LogP contribution in [0.2, 0.25) is 0 Å². The molecule has 0 atom stereocenters. The van der Waals surface area contributed by atoms with Gasteiger partial charge in [0.1, 0.15) is 0 Å². The minimum absolute atomic E-state index is 0.0482. The monoisotopic (exact) mass is 249 g/mol. The first-order valence-electron chi connectivity index (χ1n) is 5.75. The number of hydrogen-bond acceptors (Lipinski definition) is 4. The molecule has 0 aliphatic carbocycles. The van der Waals surface area contributed by atoms with Crippen molar-refractivity contribution in [2.24, 2.45) is 5.41 Å². The number of hydrogen-bond donors (Lipinski definition) is 1. The molecule has 1 aromatic carbocycles. The van der Waals surface area contributed by atoms with Crippen LogP contribution in [-0.2, 0) is 11.2 Å². The van der Waals surface area contributed by atoms with E-state index in [1.165, 1.54) is 10.3 Å². The summed E-state index contributed by atoms with van der Waals surface area (Å²) in [6, 6.07) is 6.37. The number of nitrogens with zero attached hydrogens (tertiary/aromatic N) is 1. The van der Waals surface area contributed by atoms with Crippen LogP contribution in [0.15, 0.2) is 18.2 Å². The molecule has 1 aliphatic rings. The van der Waals surface area contributed by atoms with Gasteiger partial charge in [-0.1, -0.05) is 6.07 Å². The maximum absolute atomic E-state index is 9.43. The number of thiazole rings is 1. The minimum Gasteiger partial charge on any atom is -0.396 e. The third-order valence-electron chi connectivity index (χ3n) is 3.29. The standard InChI is InChI=1S/C13H15NO2S/c1-9-14-11-3-2-10(4-12(11)17-9)5-13(6-15)7-16-8-13/h2-4,15H,5-8H2,1H3. The number of ether oxygens (including phenoxy) is 1. The number of fused-ring (bicyclic) bond motifs is 1. The number of aliphatic hydroxyl groups is 1. The molecule has 90 valence electrons. The van der Waals surface area contributed by atoms with E-state index < -0.39 is 0 Å². The van der Waals surface area contributed by atoms with Crippen molar-refractivity contribution in [1.29, 1.82) is 0 Å². The van der Waals surface area contributed by atoms with E-state index in [1.54, 1.807) is 11.3 Å². The van der Waals surface area contributed by atoms with Crippen LogP contribution >= 0.6 is 11.3 Å². The average Bonchev–Trinajstić information content (AvgIpc) is 2.63. The Morgan fingerprint density at radius 1 is 1.47 bits per heavy atom. The Kier molecular flexibility index (Phi) is 2.65. The molecule has 0 bridgehead atoms. The summed E-state index contributed by atoms with van der Waals surface area (Å²) < 4.78 is 6.45. The van der Waals surface area contributed by atoms with Gasteiger partial charge in [0, 0.05) is 5.41 Å². The molecule has 1 fully saturated rings. The van der Waals surface area contributed by atoms with Crippen LogP contribution in [0.25, 0.3) is 10.2 Å². The summed E-state index contributed by atoms with van der Waals surface area (Å²) in [5, 5.41) is 10.5. The summed E-state index contributed by atoms with van der Waals surface area (Å²) in [6.45, 7) is 3.57. The number of aliphatic hydroxyl groups excluding tert-OH is 1. The van der Waals surface area contributed by atoms with Crippen LogP contribution in [0, 0.1) is 12.3 Å². The Labute approximate surface area is 104 Å². The zero-order valence-corrected chi connectivity index (χ0v) is 10.6. The van der Waals surface area contributed by atoms with Crippen LogP contribution < -0.4 is 0 Å². The van der Waals surface area contributed by atoms with Gasteiger partial charge in [-0.25, -0.2) is 4.98 Å². The van der Waals surface area contributed by atoms with Crippen molar-refractivity contribution in [3.05, 3.63) is 28.8 Å². The second kappa shape index (κ2) is 4.05. The second-order valence-corrected chi connectivity index (χ2v) is 6.10. The largest absolute Gasteiger partial charge is 0.396 e. The molecule has 3 nitrogen and oxygen atoms in total. The van der Waals surface area contributed by atoms with Gasteiger partial charge in [0.05, 0.1) is 35.0 Å². The van der Waals surface area contributed by atoms with Crippen molar-refractivity contribution >= 4 is 21.6 Å². The number of benzene rings is 1. The second-order valence-electron chi connectivity index (χ2n) is 4.86. The Morgan fingerprint density at radius 2 is 2.29 bits per heavy atom. The lowest BCUT2D eigenvalue weighted by Crippen LogP contribution is -2.47. The zero-order valence-electron chi connectivity index (χ0n) is 9.77. The lowest BCUT2D eigenvalue weighted by molar-refractivity contribution is -0.135. The van der Waals surface area contributed by atoms with Gasteiger partial charge in [-0.3, -0.25) is 0 Å². The molecule has 0 saturated carbocycles. The number of aromatic nitrogens is 1. The molecule has 0 spiro atoms. The maximum atomic E-state index is 9.43. The Bertz CT molecular complexity index is 540. The summed E-state index contributed by atoms with van der Waals surface area (Å²) in [5.74, 6) is 0. The molecule has 0 amide bonds. The highest BCUT2D eigenvalue weighted by atomic mass is 32.1. The highest BCUT2D eigenvalue weighted by molar-refractivity contribution is 7.18. The molecule has 3 rings (SSSR count). The first kappa shape index (κ1) is 11.1. The third-order valence-corrected chi connectivity index (χ3v) is 4.22. The number of rotatable bonds is 3. The van der Waals surface area contributed by atoms with E-state index in [0.29, 0.717) is 13.2 Å². The van der Waals surface area contributed by atoms with Crippen molar-refractivity contribution in [2.75, 3.05) is 19.8 Å². The smallest absolute Gasteiger partial charge is 0.0907 e. The van der Waals surface area contributed by atoms with Crippen molar-refractivity contribution < 1.29 is 9.84 Å². The Morgan fingerprint density at radius 3 is 2.94 bits per heavy atom. The molecule has 0 unspecified atom stereocenters. The first-order chi connectivity index (χ1) is 8.21.